The lowest BCUT2D eigenvalue weighted by Crippen LogP contribution is -2.10. The fourth-order valence-electron chi connectivity index (χ4n) is 1.92. The Balaban J connectivity index is 2.32. The van der Waals surface area contributed by atoms with Crippen molar-refractivity contribution in [2.24, 2.45) is 0 Å². The highest BCUT2D eigenvalue weighted by molar-refractivity contribution is 6.31. The number of rotatable bonds is 2. The molecular weight excluding hydrogens is 228 g/mol. The van der Waals surface area contributed by atoms with Crippen LogP contribution in [0.4, 0.5) is 0 Å². The van der Waals surface area contributed by atoms with E-state index in [1.54, 1.807) is 7.11 Å². The van der Waals surface area contributed by atoms with E-state index < -0.39 is 0 Å². The highest BCUT2D eigenvalue weighted by Gasteiger charge is 2.33. The highest BCUT2D eigenvalue weighted by Crippen LogP contribution is 2.37. The van der Waals surface area contributed by atoms with Crippen molar-refractivity contribution in [3.05, 3.63) is 28.8 Å². The van der Waals surface area contributed by atoms with Crippen LogP contribution in [0.2, 0.25) is 5.02 Å². The van der Waals surface area contributed by atoms with Crippen LogP contribution in [0.15, 0.2) is 18.2 Å². The van der Waals surface area contributed by atoms with Gasteiger partial charge in [-0.1, -0.05) is 11.6 Å². The molecule has 0 spiro atoms. The third kappa shape index (κ3) is 2.17. The second-order valence-corrected chi connectivity index (χ2v) is 4.26. The molecule has 1 aliphatic heterocycles. The van der Waals surface area contributed by atoms with Crippen LogP contribution in [0.5, 0.6) is 5.75 Å². The molecule has 0 N–H and O–H groups in total. The van der Waals surface area contributed by atoms with Crippen molar-refractivity contribution in [2.75, 3.05) is 7.11 Å². The molecule has 0 radical (unpaired) electrons. The largest absolute Gasteiger partial charge is 0.497 e. The average Bonchev–Trinajstić information content (AvgIpc) is 2.58. The maximum absolute atomic E-state index is 6.16. The summed E-state index contributed by atoms with van der Waals surface area (Å²) in [4.78, 5) is 0. The average molecular weight is 243 g/mol. The predicted octanol–water partition coefficient (Wildman–Crippen LogP) is 3.17. The second-order valence-electron chi connectivity index (χ2n) is 3.85. The van der Waals surface area contributed by atoms with Gasteiger partial charge in [-0.25, -0.2) is 0 Å². The lowest BCUT2D eigenvalue weighted by molar-refractivity contribution is -0.0494. The van der Waals surface area contributed by atoms with Gasteiger partial charge in [0.2, 0.25) is 0 Å². The van der Waals surface area contributed by atoms with Crippen LogP contribution in [0.25, 0.3) is 0 Å². The van der Waals surface area contributed by atoms with E-state index in [-0.39, 0.29) is 18.5 Å². The number of hydrogen-bond acceptors (Lipinski definition) is 3. The minimum atomic E-state index is -0.192. The van der Waals surface area contributed by atoms with Crippen LogP contribution in [-0.2, 0) is 9.47 Å². The molecule has 1 fully saturated rings. The molecule has 2 rings (SSSR count). The Labute approximate surface area is 100 Å². The Hall–Kier alpha value is -0.770. The van der Waals surface area contributed by atoms with Gasteiger partial charge in [0, 0.05) is 10.6 Å². The standard InChI is InChI=1S/C12H15ClO3/c1-7-12(16-8(2)15-7)10-6-9(14-3)4-5-11(10)13/h4-8,12H,1-3H3/t7-,8+,12+/m1/s1. The van der Waals surface area contributed by atoms with E-state index in [0.717, 1.165) is 11.3 Å². The van der Waals surface area contributed by atoms with Gasteiger partial charge in [0.05, 0.1) is 13.2 Å². The van der Waals surface area contributed by atoms with E-state index in [0.29, 0.717) is 5.02 Å². The summed E-state index contributed by atoms with van der Waals surface area (Å²) in [6.07, 6.45) is -0.320. The first-order chi connectivity index (χ1) is 7.61. The first-order valence-corrected chi connectivity index (χ1v) is 5.64. The van der Waals surface area contributed by atoms with Gasteiger partial charge in [-0.15, -0.1) is 0 Å². The van der Waals surface area contributed by atoms with E-state index in [1.165, 1.54) is 0 Å². The normalized spacial score (nSPS) is 29.4. The van der Waals surface area contributed by atoms with Gasteiger partial charge < -0.3 is 14.2 Å². The van der Waals surface area contributed by atoms with Crippen LogP contribution in [0.3, 0.4) is 0 Å². The Morgan fingerprint density at radius 1 is 1.25 bits per heavy atom. The van der Waals surface area contributed by atoms with E-state index in [4.69, 9.17) is 25.8 Å². The van der Waals surface area contributed by atoms with Crippen LogP contribution < -0.4 is 4.74 Å². The van der Waals surface area contributed by atoms with Gasteiger partial charge in [-0.2, -0.15) is 0 Å². The molecule has 3 nitrogen and oxygen atoms in total. The molecule has 0 amide bonds. The van der Waals surface area contributed by atoms with Crippen molar-refractivity contribution in [3.8, 4) is 5.75 Å². The third-order valence-electron chi connectivity index (χ3n) is 2.68. The van der Waals surface area contributed by atoms with Gasteiger partial charge in [-0.05, 0) is 32.0 Å². The summed E-state index contributed by atoms with van der Waals surface area (Å²) >= 11 is 6.16. The van der Waals surface area contributed by atoms with Gasteiger partial charge >= 0.3 is 0 Å². The smallest absolute Gasteiger partial charge is 0.156 e. The third-order valence-corrected chi connectivity index (χ3v) is 3.02. The molecule has 1 aliphatic rings. The zero-order chi connectivity index (χ0) is 11.7. The van der Waals surface area contributed by atoms with Crippen LogP contribution >= 0.6 is 11.6 Å². The molecule has 1 aromatic rings. The highest BCUT2D eigenvalue weighted by atomic mass is 35.5. The summed E-state index contributed by atoms with van der Waals surface area (Å²) < 4.78 is 16.4. The predicted molar refractivity (Wildman–Crippen MR) is 61.8 cm³/mol. The summed E-state index contributed by atoms with van der Waals surface area (Å²) in [7, 11) is 1.63. The second kappa shape index (κ2) is 4.62. The first kappa shape index (κ1) is 11.7. The van der Waals surface area contributed by atoms with Crippen molar-refractivity contribution >= 4 is 11.6 Å². The maximum atomic E-state index is 6.16. The summed E-state index contributed by atoms with van der Waals surface area (Å²) in [6, 6.07) is 5.54. The summed E-state index contributed by atoms with van der Waals surface area (Å²) in [5, 5.41) is 0.676. The molecule has 88 valence electrons. The van der Waals surface area contributed by atoms with E-state index >= 15 is 0 Å². The monoisotopic (exact) mass is 242 g/mol. The zero-order valence-corrected chi connectivity index (χ0v) is 10.3. The molecule has 0 bridgehead atoms. The maximum Gasteiger partial charge on any atom is 0.156 e. The number of benzene rings is 1. The zero-order valence-electron chi connectivity index (χ0n) is 9.57. The van der Waals surface area contributed by atoms with Crippen molar-refractivity contribution in [1.82, 2.24) is 0 Å². The van der Waals surface area contributed by atoms with Crippen molar-refractivity contribution in [2.45, 2.75) is 32.3 Å². The lowest BCUT2D eigenvalue weighted by Gasteiger charge is -2.15. The Morgan fingerprint density at radius 3 is 2.56 bits per heavy atom. The molecular formula is C12H15ClO3. The number of hydrogen-bond donors (Lipinski definition) is 0. The van der Waals surface area contributed by atoms with E-state index in [2.05, 4.69) is 0 Å². The minimum Gasteiger partial charge on any atom is -0.497 e. The molecule has 1 heterocycles. The van der Waals surface area contributed by atoms with Crippen molar-refractivity contribution in [1.29, 1.82) is 0 Å². The fourth-order valence-corrected chi connectivity index (χ4v) is 2.14. The Bertz CT molecular complexity index is 381. The lowest BCUT2D eigenvalue weighted by atomic mass is 10.1. The van der Waals surface area contributed by atoms with Crippen molar-refractivity contribution in [3.63, 3.8) is 0 Å². The van der Waals surface area contributed by atoms with Gasteiger partial charge in [0.1, 0.15) is 11.9 Å². The van der Waals surface area contributed by atoms with E-state index in [9.17, 15) is 0 Å². The number of methoxy groups -OCH3 is 1. The molecule has 0 saturated carbocycles. The topological polar surface area (TPSA) is 27.7 Å². The minimum absolute atomic E-state index is 0.000365. The molecule has 0 aromatic heterocycles. The van der Waals surface area contributed by atoms with Crippen LogP contribution in [0, 0.1) is 0 Å². The molecule has 1 aromatic carbocycles. The quantitative estimate of drug-likeness (QED) is 0.797. The van der Waals surface area contributed by atoms with Gasteiger partial charge in [0.25, 0.3) is 0 Å². The molecule has 16 heavy (non-hydrogen) atoms. The molecule has 0 aliphatic carbocycles. The molecule has 3 atom stereocenters. The molecule has 1 saturated heterocycles. The number of halogens is 1. The first-order valence-electron chi connectivity index (χ1n) is 5.26. The van der Waals surface area contributed by atoms with Gasteiger partial charge in [-0.3, -0.25) is 0 Å². The van der Waals surface area contributed by atoms with Crippen LogP contribution in [0.1, 0.15) is 25.5 Å². The summed E-state index contributed by atoms with van der Waals surface area (Å²) in [5.74, 6) is 0.773. The molecule has 0 unspecified atom stereocenters. The fraction of sp³-hybridized carbons (Fsp3) is 0.500. The number of ether oxygens (including phenoxy) is 3. The Morgan fingerprint density at radius 2 is 2.00 bits per heavy atom. The Kier molecular flexibility index (Phi) is 3.38. The summed E-state index contributed by atoms with van der Waals surface area (Å²) in [5.41, 5.74) is 0.915. The van der Waals surface area contributed by atoms with Gasteiger partial charge in [0.15, 0.2) is 6.29 Å². The summed E-state index contributed by atoms with van der Waals surface area (Å²) in [6.45, 7) is 3.86. The van der Waals surface area contributed by atoms with Crippen molar-refractivity contribution < 1.29 is 14.2 Å². The SMILES string of the molecule is COc1ccc(Cl)c([C@H]2O[C@@H](C)O[C@@H]2C)c1. The molecule has 4 heteroatoms. The van der Waals surface area contributed by atoms with Crippen LogP contribution in [-0.4, -0.2) is 19.5 Å². The van der Waals surface area contributed by atoms with E-state index in [1.807, 2.05) is 32.0 Å².